The highest BCUT2D eigenvalue weighted by atomic mass is 19.4. The monoisotopic (exact) mass is 594 g/mol. The summed E-state index contributed by atoms with van der Waals surface area (Å²) < 4.78 is 39.0. The number of carbonyl (C=O) groups is 2. The summed E-state index contributed by atoms with van der Waals surface area (Å²) in [5, 5.41) is 13.9. The molecule has 3 aliphatic rings. The fourth-order valence-electron chi connectivity index (χ4n) is 6.90. The van der Waals surface area contributed by atoms with Crippen molar-refractivity contribution >= 4 is 11.8 Å². The maximum atomic E-state index is 13.1. The first-order valence-electron chi connectivity index (χ1n) is 14.6. The van der Waals surface area contributed by atoms with Crippen LogP contribution in [0.25, 0.3) is 11.4 Å². The molecule has 0 radical (unpaired) electrons. The highest BCUT2D eigenvalue weighted by Crippen LogP contribution is 2.42. The Kier molecular flexibility index (Phi) is 7.91. The molecule has 1 saturated carbocycles. The minimum atomic E-state index is -4.55. The van der Waals surface area contributed by atoms with Crippen LogP contribution in [-0.2, 0) is 16.6 Å². The molecule has 1 aromatic carbocycles. The third-order valence-corrected chi connectivity index (χ3v) is 9.11. The predicted octanol–water partition coefficient (Wildman–Crippen LogP) is 3.79. The highest BCUT2D eigenvalue weighted by Gasteiger charge is 2.48. The first-order chi connectivity index (χ1) is 20.6. The predicted molar refractivity (Wildman–Crippen MR) is 150 cm³/mol. The highest BCUT2D eigenvalue weighted by molar-refractivity contribution is 5.96. The zero-order chi connectivity index (χ0) is 30.2. The second-order valence-electron chi connectivity index (χ2n) is 11.6. The molecule has 0 spiro atoms. The third-order valence-electron chi connectivity index (χ3n) is 9.11. The van der Waals surface area contributed by atoms with Gasteiger partial charge in [-0.2, -0.15) is 13.2 Å². The number of amides is 2. The first-order valence-corrected chi connectivity index (χ1v) is 14.6. The van der Waals surface area contributed by atoms with Gasteiger partial charge in [-0.3, -0.25) is 19.5 Å². The first kappa shape index (κ1) is 29.2. The molecule has 1 aliphatic carbocycles. The molecule has 2 aliphatic heterocycles. The molecule has 3 aromatic rings. The van der Waals surface area contributed by atoms with Gasteiger partial charge in [0.2, 0.25) is 5.91 Å². The number of fused-ring (bicyclic) bond motifs is 1. The number of nitrogens with one attached hydrogen (secondary N) is 1. The summed E-state index contributed by atoms with van der Waals surface area (Å²) >= 11 is 0. The van der Waals surface area contributed by atoms with Gasteiger partial charge < -0.3 is 15.3 Å². The molecule has 2 unspecified atom stereocenters. The zero-order valence-corrected chi connectivity index (χ0v) is 23.5. The molecule has 2 aromatic heterocycles. The van der Waals surface area contributed by atoms with E-state index < -0.39 is 23.2 Å². The van der Waals surface area contributed by atoms with Crippen LogP contribution in [0.5, 0.6) is 0 Å². The van der Waals surface area contributed by atoms with E-state index in [1.807, 2.05) is 12.1 Å². The fourth-order valence-corrected chi connectivity index (χ4v) is 6.90. The van der Waals surface area contributed by atoms with Crippen LogP contribution in [0.4, 0.5) is 13.2 Å². The summed E-state index contributed by atoms with van der Waals surface area (Å²) in [4.78, 5) is 42.9. The summed E-state index contributed by atoms with van der Waals surface area (Å²) in [6.07, 6.45) is 4.94. The molecular weight excluding hydrogens is 561 g/mol. The molecule has 2 N–H and O–H groups in total. The summed E-state index contributed by atoms with van der Waals surface area (Å²) in [7, 11) is 0. The Morgan fingerprint density at radius 1 is 0.953 bits per heavy atom. The van der Waals surface area contributed by atoms with E-state index in [2.05, 4.69) is 25.2 Å². The summed E-state index contributed by atoms with van der Waals surface area (Å²) in [6.45, 7) is 1.15. The molecule has 2 amide bonds. The number of hydrogen-bond acceptors (Lipinski definition) is 7. The lowest BCUT2D eigenvalue weighted by Gasteiger charge is -2.41. The van der Waals surface area contributed by atoms with Crippen LogP contribution in [0.1, 0.15) is 60.1 Å². The molecule has 3 fully saturated rings. The van der Waals surface area contributed by atoms with E-state index in [0.29, 0.717) is 36.9 Å². The van der Waals surface area contributed by atoms with Crippen LogP contribution in [-0.4, -0.2) is 79.4 Å². The zero-order valence-electron chi connectivity index (χ0n) is 23.5. The quantitative estimate of drug-likeness (QED) is 0.447. The number of aliphatic hydroxyl groups is 1. The number of nitrogens with zero attached hydrogens (tertiary/aromatic N) is 5. The number of carbonyl (C=O) groups excluding carboxylic acids is 2. The molecule has 6 rings (SSSR count). The van der Waals surface area contributed by atoms with Crippen LogP contribution in [0.3, 0.4) is 0 Å². The van der Waals surface area contributed by atoms with Crippen molar-refractivity contribution in [3.63, 3.8) is 0 Å². The molecule has 2 atom stereocenters. The van der Waals surface area contributed by atoms with Gasteiger partial charge >= 0.3 is 6.18 Å². The molecule has 226 valence electrons. The Morgan fingerprint density at radius 3 is 2.40 bits per heavy atom. The Labute approximate surface area is 247 Å². The average molecular weight is 595 g/mol. The summed E-state index contributed by atoms with van der Waals surface area (Å²) in [5.74, 6) is -0.360. The number of hydrogen-bond donors (Lipinski definition) is 2. The molecule has 9 nitrogen and oxygen atoms in total. The van der Waals surface area contributed by atoms with E-state index in [9.17, 15) is 27.9 Å². The maximum Gasteiger partial charge on any atom is 0.416 e. The summed E-state index contributed by atoms with van der Waals surface area (Å²) in [6, 6.07) is 10.2. The second-order valence-corrected chi connectivity index (χ2v) is 11.6. The van der Waals surface area contributed by atoms with Crippen LogP contribution in [0.15, 0.2) is 61.1 Å². The topological polar surface area (TPSA) is 112 Å². The number of alkyl halides is 3. The Morgan fingerprint density at radius 2 is 1.70 bits per heavy atom. The number of pyridine rings is 1. The van der Waals surface area contributed by atoms with Crippen LogP contribution < -0.4 is 5.32 Å². The molecular formula is C31H33F3N6O3. The van der Waals surface area contributed by atoms with Crippen molar-refractivity contribution in [2.45, 2.75) is 68.4 Å². The van der Waals surface area contributed by atoms with Gasteiger partial charge in [0.25, 0.3) is 5.91 Å². The van der Waals surface area contributed by atoms with E-state index >= 15 is 0 Å². The minimum Gasteiger partial charge on any atom is -0.384 e. The van der Waals surface area contributed by atoms with E-state index in [-0.39, 0.29) is 30.1 Å². The smallest absolute Gasteiger partial charge is 0.384 e. The van der Waals surface area contributed by atoms with Crippen molar-refractivity contribution in [2.24, 2.45) is 0 Å². The van der Waals surface area contributed by atoms with Crippen LogP contribution >= 0.6 is 0 Å². The van der Waals surface area contributed by atoms with Gasteiger partial charge in [0.15, 0.2) is 5.82 Å². The van der Waals surface area contributed by atoms with Gasteiger partial charge in [-0.25, -0.2) is 9.97 Å². The minimum absolute atomic E-state index is 0.0354. The van der Waals surface area contributed by atoms with Crippen molar-refractivity contribution < 1.29 is 27.9 Å². The normalized spacial score (nSPS) is 25.9. The van der Waals surface area contributed by atoms with Crippen LogP contribution in [0, 0.1) is 0 Å². The standard InChI is InChI=1S/C31H33F3N6O3/c32-31(33,34)22-4-1-3-20(17-22)29(42)38-19-27(41)40-16-10-24-25(40)9-15-39(24)23-7-11-30(43,12-8-23)26-6-5-21(18-37-26)28-35-13-2-14-36-28/h1-6,13-14,17-18,23-25,43H,7-12,15-16,19H2,(H,38,42)/t23-,24?,25?,30+. The van der Waals surface area contributed by atoms with E-state index in [4.69, 9.17) is 0 Å². The van der Waals surface area contributed by atoms with Gasteiger partial charge in [-0.15, -0.1) is 0 Å². The summed E-state index contributed by atoms with van der Waals surface area (Å²) in [5.41, 5.74) is -0.604. The van der Waals surface area contributed by atoms with Crippen molar-refractivity contribution in [3.05, 3.63) is 77.9 Å². The van der Waals surface area contributed by atoms with Crippen molar-refractivity contribution in [3.8, 4) is 11.4 Å². The second kappa shape index (κ2) is 11.6. The lowest BCUT2D eigenvalue weighted by atomic mass is 9.79. The number of likely N-dealkylation sites (tertiary alicyclic amines) is 2. The van der Waals surface area contributed by atoms with Gasteiger partial charge in [0, 0.05) is 60.9 Å². The SMILES string of the molecule is O=C(NCC(=O)N1CCC2C1CCN2[C@H]1CC[C@](O)(c2ccc(-c3ncccn3)cn2)CC1)c1cccc(C(F)(F)F)c1. The average Bonchev–Trinajstić information content (AvgIpc) is 3.63. The van der Waals surface area contributed by atoms with E-state index in [0.717, 1.165) is 49.9 Å². The van der Waals surface area contributed by atoms with Gasteiger partial charge in [-0.1, -0.05) is 6.07 Å². The number of benzene rings is 1. The molecule has 0 bridgehead atoms. The van der Waals surface area contributed by atoms with Crippen molar-refractivity contribution in [1.82, 2.24) is 30.1 Å². The molecule has 2 saturated heterocycles. The van der Waals surface area contributed by atoms with Gasteiger partial charge in [0.1, 0.15) is 5.60 Å². The Bertz CT molecular complexity index is 1460. The van der Waals surface area contributed by atoms with E-state index in [1.54, 1.807) is 29.6 Å². The third kappa shape index (κ3) is 5.98. The van der Waals surface area contributed by atoms with Gasteiger partial charge in [0.05, 0.1) is 17.8 Å². The van der Waals surface area contributed by atoms with Crippen molar-refractivity contribution in [2.75, 3.05) is 19.6 Å². The number of aromatic nitrogens is 3. The Balaban J connectivity index is 1.01. The van der Waals surface area contributed by atoms with Gasteiger partial charge in [-0.05, 0) is 74.9 Å². The maximum absolute atomic E-state index is 13.1. The number of halogens is 3. The van der Waals surface area contributed by atoms with Crippen molar-refractivity contribution in [1.29, 1.82) is 0 Å². The molecule has 43 heavy (non-hydrogen) atoms. The molecule has 12 heteroatoms. The number of rotatable bonds is 6. The van der Waals surface area contributed by atoms with Crippen LogP contribution in [0.2, 0.25) is 0 Å². The van der Waals surface area contributed by atoms with E-state index in [1.165, 1.54) is 12.1 Å². The fraction of sp³-hybridized carbons (Fsp3) is 0.452. The largest absolute Gasteiger partial charge is 0.416 e. The lowest BCUT2D eigenvalue weighted by Crippen LogP contribution is -2.47. The Hall–Kier alpha value is -3.90. The lowest BCUT2D eigenvalue weighted by molar-refractivity contribution is -0.137. The molecule has 4 heterocycles.